The van der Waals surface area contributed by atoms with E-state index in [1.54, 1.807) is 0 Å². The molecule has 1 amide bonds. The molecule has 0 saturated heterocycles. The minimum absolute atomic E-state index is 0.0284. The molecule has 0 spiro atoms. The van der Waals surface area contributed by atoms with Crippen molar-refractivity contribution in [3.05, 3.63) is 36.4 Å². The fourth-order valence-electron chi connectivity index (χ4n) is 2.14. The maximum Gasteiger partial charge on any atom is 0.403 e. The fourth-order valence-corrected chi connectivity index (χ4v) is 2.14. The maximum atomic E-state index is 13.0. The van der Waals surface area contributed by atoms with Crippen molar-refractivity contribution >= 4 is 5.91 Å². The molecule has 1 aliphatic carbocycles. The van der Waals surface area contributed by atoms with Crippen molar-refractivity contribution < 1.29 is 31.8 Å². The molecule has 8 heteroatoms. The molecule has 0 unspecified atom stereocenters. The Hall–Kier alpha value is -1.83. The van der Waals surface area contributed by atoms with Crippen LogP contribution >= 0.6 is 0 Å². The van der Waals surface area contributed by atoms with E-state index in [0.29, 0.717) is 5.57 Å². The molecule has 0 radical (unpaired) electrons. The fraction of sp³-hybridized carbons (Fsp3) is 0.611. The zero-order valence-corrected chi connectivity index (χ0v) is 15.0. The van der Waals surface area contributed by atoms with E-state index in [0.717, 1.165) is 6.08 Å². The standard InChI is InChI=1S/C18H25F4NO3/c1-12(2)14(4)15(11-13(3)19)26-10-9-25-8-7-23-16(24)17(5-6-17)18(20,21)22/h11-12H,3-10H2,1-2H3,(H,23,24)/b15-11+. The van der Waals surface area contributed by atoms with Gasteiger partial charge in [-0.05, 0) is 24.3 Å². The van der Waals surface area contributed by atoms with Crippen molar-refractivity contribution in [3.8, 4) is 0 Å². The van der Waals surface area contributed by atoms with Crippen LogP contribution in [0.5, 0.6) is 0 Å². The summed E-state index contributed by atoms with van der Waals surface area (Å²) >= 11 is 0. The number of rotatable bonds is 11. The van der Waals surface area contributed by atoms with Crippen LogP contribution in [0.2, 0.25) is 0 Å². The molecule has 4 nitrogen and oxygen atoms in total. The minimum atomic E-state index is -4.52. The van der Waals surface area contributed by atoms with Gasteiger partial charge in [0.1, 0.15) is 23.6 Å². The van der Waals surface area contributed by atoms with E-state index < -0.39 is 23.3 Å². The predicted octanol–water partition coefficient (Wildman–Crippen LogP) is 4.06. The number of halogens is 4. The molecule has 148 valence electrons. The lowest BCUT2D eigenvalue weighted by Crippen LogP contribution is -2.42. The number of hydrogen-bond acceptors (Lipinski definition) is 3. The number of carbonyl (C=O) groups excluding carboxylic acids is 1. The molecule has 0 heterocycles. The highest BCUT2D eigenvalue weighted by Gasteiger charge is 2.68. The largest absolute Gasteiger partial charge is 0.491 e. The summed E-state index contributed by atoms with van der Waals surface area (Å²) < 4.78 is 61.9. The first-order chi connectivity index (χ1) is 12.0. The highest BCUT2D eigenvalue weighted by molar-refractivity contribution is 5.86. The van der Waals surface area contributed by atoms with Crippen LogP contribution in [0.3, 0.4) is 0 Å². The number of hydrogen-bond donors (Lipinski definition) is 1. The van der Waals surface area contributed by atoms with Gasteiger partial charge in [-0.2, -0.15) is 13.2 Å². The average molecular weight is 379 g/mol. The van der Waals surface area contributed by atoms with Crippen LogP contribution < -0.4 is 5.32 Å². The Morgan fingerprint density at radius 3 is 2.31 bits per heavy atom. The van der Waals surface area contributed by atoms with Crippen molar-refractivity contribution in [1.82, 2.24) is 5.32 Å². The zero-order valence-electron chi connectivity index (χ0n) is 15.0. The van der Waals surface area contributed by atoms with Crippen molar-refractivity contribution in [3.63, 3.8) is 0 Å². The molecule has 0 aromatic heterocycles. The average Bonchev–Trinajstić information content (AvgIpc) is 3.32. The molecule has 0 aliphatic heterocycles. The molecule has 0 aromatic carbocycles. The first-order valence-electron chi connectivity index (χ1n) is 8.32. The van der Waals surface area contributed by atoms with Gasteiger partial charge in [-0.25, -0.2) is 4.39 Å². The number of ether oxygens (including phenoxy) is 2. The number of carbonyl (C=O) groups is 1. The predicted molar refractivity (Wildman–Crippen MR) is 89.8 cm³/mol. The molecule has 1 N–H and O–H groups in total. The Morgan fingerprint density at radius 2 is 1.85 bits per heavy atom. The van der Waals surface area contributed by atoms with Gasteiger partial charge >= 0.3 is 6.18 Å². The lowest BCUT2D eigenvalue weighted by Gasteiger charge is -2.18. The summed E-state index contributed by atoms with van der Waals surface area (Å²) in [5.74, 6) is -1.35. The van der Waals surface area contributed by atoms with E-state index in [-0.39, 0.29) is 50.9 Å². The summed E-state index contributed by atoms with van der Waals surface area (Å²) in [5, 5.41) is 2.24. The van der Waals surface area contributed by atoms with E-state index in [2.05, 4.69) is 18.5 Å². The molecule has 1 rings (SSSR count). The molecule has 26 heavy (non-hydrogen) atoms. The first-order valence-corrected chi connectivity index (χ1v) is 8.32. The third-order valence-corrected chi connectivity index (χ3v) is 4.05. The number of allylic oxidation sites excluding steroid dienone is 3. The first kappa shape index (κ1) is 22.2. The van der Waals surface area contributed by atoms with Gasteiger partial charge in [0.2, 0.25) is 5.91 Å². The van der Waals surface area contributed by atoms with Crippen molar-refractivity contribution in [1.29, 1.82) is 0 Å². The highest BCUT2D eigenvalue weighted by Crippen LogP contribution is 2.57. The molecule has 1 aliphatic rings. The second-order valence-corrected chi connectivity index (χ2v) is 6.43. The minimum Gasteiger partial charge on any atom is -0.491 e. The van der Waals surface area contributed by atoms with Crippen LogP contribution in [-0.2, 0) is 14.3 Å². The third-order valence-electron chi connectivity index (χ3n) is 4.05. The van der Waals surface area contributed by atoms with E-state index in [1.807, 2.05) is 13.8 Å². The lowest BCUT2D eigenvalue weighted by atomic mass is 10.0. The Labute approximate surface area is 150 Å². The summed E-state index contributed by atoms with van der Waals surface area (Å²) in [6, 6.07) is 0. The Kier molecular flexibility index (Phi) is 7.87. The van der Waals surface area contributed by atoms with Gasteiger partial charge in [-0.1, -0.05) is 27.0 Å². The zero-order chi connectivity index (χ0) is 20.0. The quantitative estimate of drug-likeness (QED) is 0.255. The van der Waals surface area contributed by atoms with E-state index >= 15 is 0 Å². The molecular formula is C18H25F4NO3. The maximum absolute atomic E-state index is 13.0. The van der Waals surface area contributed by atoms with Gasteiger partial charge in [-0.3, -0.25) is 4.79 Å². The van der Waals surface area contributed by atoms with Crippen LogP contribution in [0.25, 0.3) is 0 Å². The SMILES string of the molecule is C=C(F)/C=C(/OCCOCCNC(=O)C1(C(F)(F)F)CC1)C(=C)C(C)C. The van der Waals surface area contributed by atoms with E-state index in [9.17, 15) is 22.4 Å². The van der Waals surface area contributed by atoms with Gasteiger partial charge in [0.15, 0.2) is 0 Å². The summed E-state index contributed by atoms with van der Waals surface area (Å²) in [7, 11) is 0. The molecular weight excluding hydrogens is 354 g/mol. The van der Waals surface area contributed by atoms with Crippen LogP contribution in [0.15, 0.2) is 36.4 Å². The van der Waals surface area contributed by atoms with Gasteiger partial charge in [0.25, 0.3) is 0 Å². The Balaban J connectivity index is 2.25. The number of nitrogens with one attached hydrogen (secondary N) is 1. The Morgan fingerprint density at radius 1 is 1.23 bits per heavy atom. The van der Waals surface area contributed by atoms with Crippen molar-refractivity contribution in [2.24, 2.45) is 11.3 Å². The van der Waals surface area contributed by atoms with Crippen LogP contribution in [-0.4, -0.2) is 38.4 Å². The number of amides is 1. The lowest BCUT2D eigenvalue weighted by molar-refractivity contribution is -0.192. The van der Waals surface area contributed by atoms with Crippen molar-refractivity contribution in [2.45, 2.75) is 32.9 Å². The summed E-state index contributed by atoms with van der Waals surface area (Å²) in [6.07, 6.45) is -3.74. The summed E-state index contributed by atoms with van der Waals surface area (Å²) in [5.41, 5.74) is -1.61. The van der Waals surface area contributed by atoms with E-state index in [1.165, 1.54) is 0 Å². The van der Waals surface area contributed by atoms with E-state index in [4.69, 9.17) is 9.47 Å². The number of alkyl halides is 3. The van der Waals surface area contributed by atoms with Crippen LogP contribution in [0.1, 0.15) is 26.7 Å². The van der Waals surface area contributed by atoms with Crippen LogP contribution in [0.4, 0.5) is 17.6 Å². The molecule has 0 bridgehead atoms. The van der Waals surface area contributed by atoms with Gasteiger partial charge in [-0.15, -0.1) is 0 Å². The third kappa shape index (κ3) is 6.16. The highest BCUT2D eigenvalue weighted by atomic mass is 19.4. The second-order valence-electron chi connectivity index (χ2n) is 6.43. The van der Waals surface area contributed by atoms with Crippen LogP contribution in [0, 0.1) is 11.3 Å². The molecule has 0 aromatic rings. The second kappa shape index (κ2) is 9.21. The Bertz CT molecular complexity index is 563. The molecule has 1 fully saturated rings. The normalized spacial score (nSPS) is 16.3. The van der Waals surface area contributed by atoms with Gasteiger partial charge < -0.3 is 14.8 Å². The molecule has 0 atom stereocenters. The molecule has 1 saturated carbocycles. The van der Waals surface area contributed by atoms with Gasteiger partial charge in [0.05, 0.1) is 13.2 Å². The summed E-state index contributed by atoms with van der Waals surface area (Å²) in [4.78, 5) is 11.6. The topological polar surface area (TPSA) is 47.6 Å². The monoisotopic (exact) mass is 379 g/mol. The van der Waals surface area contributed by atoms with Crippen molar-refractivity contribution in [2.75, 3.05) is 26.4 Å². The van der Waals surface area contributed by atoms with Gasteiger partial charge in [0, 0.05) is 12.6 Å². The summed E-state index contributed by atoms with van der Waals surface area (Å²) in [6.45, 7) is 11.0. The smallest absolute Gasteiger partial charge is 0.403 e.